The van der Waals surface area contributed by atoms with E-state index < -0.39 is 17.6 Å². The Kier molecular flexibility index (Phi) is 5.82. The van der Waals surface area contributed by atoms with Crippen LogP contribution in [0.3, 0.4) is 0 Å². The van der Waals surface area contributed by atoms with Gasteiger partial charge in [0.15, 0.2) is 0 Å². The molecule has 1 fully saturated rings. The van der Waals surface area contributed by atoms with E-state index in [2.05, 4.69) is 10.6 Å². The van der Waals surface area contributed by atoms with Crippen molar-refractivity contribution in [3.8, 4) is 0 Å². The summed E-state index contributed by atoms with van der Waals surface area (Å²) >= 11 is 0. The number of anilines is 1. The molecule has 0 unspecified atom stereocenters. The molecule has 0 atom stereocenters. The van der Waals surface area contributed by atoms with Crippen molar-refractivity contribution in [2.75, 3.05) is 31.6 Å². The Hall–Kier alpha value is -2.09. The van der Waals surface area contributed by atoms with Crippen LogP contribution in [-0.4, -0.2) is 38.5 Å². The number of nitrogens with zero attached hydrogens (tertiary/aromatic N) is 1. The summed E-state index contributed by atoms with van der Waals surface area (Å²) in [6.45, 7) is 1.41. The van der Waals surface area contributed by atoms with Gasteiger partial charge in [0.25, 0.3) is 5.91 Å². The molecule has 2 N–H and O–H groups in total. The lowest BCUT2D eigenvalue weighted by molar-refractivity contribution is -0.137. The molecule has 0 aliphatic carbocycles. The smallest absolute Gasteiger partial charge is 0.352 e. The number of rotatable bonds is 6. The van der Waals surface area contributed by atoms with Gasteiger partial charge in [0.05, 0.1) is 5.56 Å². The van der Waals surface area contributed by atoms with Gasteiger partial charge in [-0.3, -0.25) is 9.59 Å². The highest BCUT2D eigenvalue weighted by Crippen LogP contribution is 2.34. The molecule has 0 bridgehead atoms. The fourth-order valence-corrected chi connectivity index (χ4v) is 2.55. The standard InChI is InChI=1S/C16H20F3N3O2/c1-20-5-3-6-21-15(24)11-8-12(16(17,18)19)10-13(9-11)22-7-2-4-14(22)23/h8-10,20H,2-7H2,1H3,(H,21,24). The van der Waals surface area contributed by atoms with Gasteiger partial charge in [0, 0.05) is 30.8 Å². The van der Waals surface area contributed by atoms with Crippen LogP contribution in [0.4, 0.5) is 18.9 Å². The van der Waals surface area contributed by atoms with Crippen LogP contribution in [0.1, 0.15) is 35.2 Å². The average Bonchev–Trinajstić information content (AvgIpc) is 2.96. The van der Waals surface area contributed by atoms with Crippen LogP contribution in [0.15, 0.2) is 18.2 Å². The van der Waals surface area contributed by atoms with Gasteiger partial charge in [-0.25, -0.2) is 0 Å². The topological polar surface area (TPSA) is 61.4 Å². The van der Waals surface area contributed by atoms with E-state index >= 15 is 0 Å². The van der Waals surface area contributed by atoms with Gasteiger partial charge in [-0.2, -0.15) is 13.2 Å². The molecular weight excluding hydrogens is 323 g/mol. The molecule has 24 heavy (non-hydrogen) atoms. The van der Waals surface area contributed by atoms with E-state index in [-0.39, 0.29) is 17.2 Å². The second-order valence-corrected chi connectivity index (χ2v) is 5.63. The fraction of sp³-hybridized carbons (Fsp3) is 0.500. The van der Waals surface area contributed by atoms with E-state index in [1.165, 1.54) is 11.0 Å². The van der Waals surface area contributed by atoms with Gasteiger partial charge in [-0.05, 0) is 44.6 Å². The van der Waals surface area contributed by atoms with Crippen molar-refractivity contribution in [1.82, 2.24) is 10.6 Å². The van der Waals surface area contributed by atoms with Crippen molar-refractivity contribution in [3.05, 3.63) is 29.3 Å². The SMILES string of the molecule is CNCCCNC(=O)c1cc(N2CCCC2=O)cc(C(F)(F)F)c1. The first-order valence-corrected chi connectivity index (χ1v) is 7.78. The molecule has 2 amide bonds. The second kappa shape index (κ2) is 7.65. The number of carbonyl (C=O) groups is 2. The molecule has 0 aromatic heterocycles. The van der Waals surface area contributed by atoms with Crippen LogP contribution in [0.25, 0.3) is 0 Å². The van der Waals surface area contributed by atoms with E-state index in [4.69, 9.17) is 0 Å². The third kappa shape index (κ3) is 4.47. The normalized spacial score (nSPS) is 15.0. The summed E-state index contributed by atoms with van der Waals surface area (Å²) in [4.78, 5) is 25.2. The van der Waals surface area contributed by atoms with Gasteiger partial charge in [-0.15, -0.1) is 0 Å². The van der Waals surface area contributed by atoms with Gasteiger partial charge in [-0.1, -0.05) is 0 Å². The molecule has 1 heterocycles. The first kappa shape index (κ1) is 18.3. The average molecular weight is 343 g/mol. The van der Waals surface area contributed by atoms with Crippen molar-refractivity contribution in [2.45, 2.75) is 25.4 Å². The van der Waals surface area contributed by atoms with Crippen molar-refractivity contribution in [3.63, 3.8) is 0 Å². The van der Waals surface area contributed by atoms with Crippen LogP contribution in [0.2, 0.25) is 0 Å². The highest BCUT2D eigenvalue weighted by molar-refractivity contribution is 5.99. The lowest BCUT2D eigenvalue weighted by atomic mass is 10.1. The number of alkyl halides is 3. The third-order valence-electron chi connectivity index (χ3n) is 3.78. The summed E-state index contributed by atoms with van der Waals surface area (Å²) in [6.07, 6.45) is -3.01. The van der Waals surface area contributed by atoms with E-state index in [0.717, 1.165) is 12.1 Å². The zero-order valence-corrected chi connectivity index (χ0v) is 13.4. The lowest BCUT2D eigenvalue weighted by Gasteiger charge is -2.19. The number of hydrogen-bond acceptors (Lipinski definition) is 3. The Morgan fingerprint density at radius 2 is 2.00 bits per heavy atom. The molecule has 132 valence electrons. The molecule has 0 spiro atoms. The number of nitrogens with one attached hydrogen (secondary N) is 2. The largest absolute Gasteiger partial charge is 0.416 e. The van der Waals surface area contributed by atoms with Crippen LogP contribution in [0, 0.1) is 0 Å². The zero-order chi connectivity index (χ0) is 17.7. The van der Waals surface area contributed by atoms with E-state index in [1.54, 1.807) is 7.05 Å². The van der Waals surface area contributed by atoms with Crippen molar-refractivity contribution >= 4 is 17.5 Å². The summed E-state index contributed by atoms with van der Waals surface area (Å²) in [5.74, 6) is -0.806. The molecule has 1 saturated heterocycles. The fourth-order valence-electron chi connectivity index (χ4n) is 2.55. The van der Waals surface area contributed by atoms with Gasteiger partial charge >= 0.3 is 6.18 Å². The Labute approximate surface area is 138 Å². The van der Waals surface area contributed by atoms with E-state index in [1.807, 2.05) is 0 Å². The zero-order valence-electron chi connectivity index (χ0n) is 13.4. The predicted molar refractivity (Wildman–Crippen MR) is 83.9 cm³/mol. The summed E-state index contributed by atoms with van der Waals surface area (Å²) in [7, 11) is 1.77. The summed E-state index contributed by atoms with van der Waals surface area (Å²) < 4.78 is 39.3. The number of halogens is 3. The molecule has 2 rings (SSSR count). The predicted octanol–water partition coefficient (Wildman–Crippen LogP) is 2.17. The van der Waals surface area contributed by atoms with Crippen LogP contribution in [0.5, 0.6) is 0 Å². The number of carbonyl (C=O) groups excluding carboxylic acids is 2. The van der Waals surface area contributed by atoms with Gasteiger partial charge < -0.3 is 15.5 Å². The van der Waals surface area contributed by atoms with Gasteiger partial charge in [0.2, 0.25) is 5.91 Å². The lowest BCUT2D eigenvalue weighted by Crippen LogP contribution is -2.28. The minimum atomic E-state index is -4.58. The summed E-state index contributed by atoms with van der Waals surface area (Å²) in [6, 6.07) is 3.07. The maximum atomic E-state index is 13.1. The second-order valence-electron chi connectivity index (χ2n) is 5.63. The molecular formula is C16H20F3N3O2. The van der Waals surface area contributed by atoms with Crippen LogP contribution in [-0.2, 0) is 11.0 Å². The Morgan fingerprint density at radius 1 is 1.25 bits per heavy atom. The van der Waals surface area contributed by atoms with E-state index in [0.29, 0.717) is 38.9 Å². The molecule has 0 saturated carbocycles. The molecule has 0 radical (unpaired) electrons. The Morgan fingerprint density at radius 3 is 2.58 bits per heavy atom. The number of hydrogen-bond donors (Lipinski definition) is 2. The summed E-state index contributed by atoms with van der Waals surface area (Å²) in [5.41, 5.74) is -0.906. The van der Waals surface area contributed by atoms with E-state index in [9.17, 15) is 22.8 Å². The van der Waals surface area contributed by atoms with Crippen molar-refractivity contribution in [1.29, 1.82) is 0 Å². The molecule has 1 aliphatic heterocycles. The monoisotopic (exact) mass is 343 g/mol. The number of benzene rings is 1. The maximum Gasteiger partial charge on any atom is 0.416 e. The molecule has 1 aliphatic rings. The molecule has 8 heteroatoms. The molecule has 1 aromatic carbocycles. The summed E-state index contributed by atoms with van der Waals surface area (Å²) in [5, 5.41) is 5.51. The van der Waals surface area contributed by atoms with Gasteiger partial charge in [0.1, 0.15) is 0 Å². The highest BCUT2D eigenvalue weighted by Gasteiger charge is 2.33. The highest BCUT2D eigenvalue weighted by atomic mass is 19.4. The number of amides is 2. The van der Waals surface area contributed by atoms with Crippen molar-refractivity contribution in [2.24, 2.45) is 0 Å². The molecule has 1 aromatic rings. The van der Waals surface area contributed by atoms with Crippen LogP contribution >= 0.6 is 0 Å². The third-order valence-corrected chi connectivity index (χ3v) is 3.78. The minimum Gasteiger partial charge on any atom is -0.352 e. The first-order chi connectivity index (χ1) is 11.3. The van der Waals surface area contributed by atoms with Crippen molar-refractivity contribution < 1.29 is 22.8 Å². The Bertz CT molecular complexity index is 617. The first-order valence-electron chi connectivity index (χ1n) is 7.78. The Balaban J connectivity index is 2.26. The molecule has 5 nitrogen and oxygen atoms in total. The van der Waals surface area contributed by atoms with Crippen LogP contribution < -0.4 is 15.5 Å². The minimum absolute atomic E-state index is 0.0935. The maximum absolute atomic E-state index is 13.1. The quantitative estimate of drug-likeness (QED) is 0.778.